The van der Waals surface area contributed by atoms with Gasteiger partial charge in [0.05, 0.1) is 0 Å². The SMILES string of the molecule is CCCCCCCCCCCCCC(=O)Nc1ccc(NC(=O)CCC)cc1. The first-order valence-corrected chi connectivity index (χ1v) is 11.4. The quantitative estimate of drug-likeness (QED) is 0.298. The van der Waals surface area contributed by atoms with E-state index in [9.17, 15) is 9.59 Å². The molecule has 0 saturated carbocycles. The van der Waals surface area contributed by atoms with Crippen molar-refractivity contribution in [2.24, 2.45) is 0 Å². The molecule has 0 saturated heterocycles. The maximum Gasteiger partial charge on any atom is 0.224 e. The van der Waals surface area contributed by atoms with Crippen LogP contribution in [0, 0.1) is 0 Å². The van der Waals surface area contributed by atoms with Crippen molar-refractivity contribution in [3.63, 3.8) is 0 Å². The van der Waals surface area contributed by atoms with Gasteiger partial charge in [0.1, 0.15) is 0 Å². The number of hydrogen-bond acceptors (Lipinski definition) is 2. The first-order chi connectivity index (χ1) is 13.7. The summed E-state index contributed by atoms with van der Waals surface area (Å²) in [6.07, 6.45) is 16.1. The molecule has 0 aliphatic carbocycles. The zero-order valence-electron chi connectivity index (χ0n) is 18.0. The van der Waals surface area contributed by atoms with E-state index in [1.165, 1.54) is 57.8 Å². The highest BCUT2D eigenvalue weighted by Gasteiger charge is 2.04. The maximum atomic E-state index is 12.0. The Morgan fingerprint density at radius 2 is 0.964 bits per heavy atom. The summed E-state index contributed by atoms with van der Waals surface area (Å²) in [4.78, 5) is 23.6. The lowest BCUT2D eigenvalue weighted by Gasteiger charge is -2.08. The highest BCUT2D eigenvalue weighted by molar-refractivity contribution is 5.92. The lowest BCUT2D eigenvalue weighted by molar-refractivity contribution is -0.117. The van der Waals surface area contributed by atoms with Gasteiger partial charge in [-0.05, 0) is 37.1 Å². The van der Waals surface area contributed by atoms with Crippen LogP contribution in [0.2, 0.25) is 0 Å². The monoisotopic (exact) mass is 388 g/mol. The normalized spacial score (nSPS) is 10.6. The lowest BCUT2D eigenvalue weighted by Crippen LogP contribution is -2.12. The first kappa shape index (κ1) is 24.2. The van der Waals surface area contributed by atoms with Gasteiger partial charge < -0.3 is 10.6 Å². The van der Waals surface area contributed by atoms with Crippen LogP contribution in [0.5, 0.6) is 0 Å². The Labute approximate surface area is 171 Å². The molecule has 1 aromatic rings. The van der Waals surface area contributed by atoms with Gasteiger partial charge in [0.15, 0.2) is 0 Å². The molecule has 2 N–H and O–H groups in total. The number of benzene rings is 1. The Kier molecular flexibility index (Phi) is 14.0. The molecule has 0 atom stereocenters. The predicted octanol–water partition coefficient (Wildman–Crippen LogP) is 7.06. The summed E-state index contributed by atoms with van der Waals surface area (Å²) in [5, 5.41) is 5.78. The fourth-order valence-corrected chi connectivity index (χ4v) is 3.26. The van der Waals surface area contributed by atoms with Crippen LogP contribution in [0.4, 0.5) is 11.4 Å². The van der Waals surface area contributed by atoms with Crippen LogP contribution in [-0.4, -0.2) is 11.8 Å². The van der Waals surface area contributed by atoms with Crippen molar-refractivity contribution in [2.45, 2.75) is 104 Å². The van der Waals surface area contributed by atoms with Crippen molar-refractivity contribution in [1.29, 1.82) is 0 Å². The number of rotatable bonds is 16. The summed E-state index contributed by atoms with van der Waals surface area (Å²) in [6, 6.07) is 7.32. The Balaban J connectivity index is 2.05. The van der Waals surface area contributed by atoms with Crippen LogP contribution in [0.1, 0.15) is 104 Å². The second kappa shape index (κ2) is 16.1. The van der Waals surface area contributed by atoms with E-state index in [0.29, 0.717) is 12.8 Å². The molecule has 0 aromatic heterocycles. The van der Waals surface area contributed by atoms with Gasteiger partial charge in [0.25, 0.3) is 0 Å². The molecule has 28 heavy (non-hydrogen) atoms. The van der Waals surface area contributed by atoms with Gasteiger partial charge in [-0.15, -0.1) is 0 Å². The van der Waals surface area contributed by atoms with Crippen LogP contribution in [-0.2, 0) is 9.59 Å². The fraction of sp³-hybridized carbons (Fsp3) is 0.667. The number of unbranched alkanes of at least 4 members (excludes halogenated alkanes) is 10. The van der Waals surface area contributed by atoms with Crippen molar-refractivity contribution in [3.05, 3.63) is 24.3 Å². The van der Waals surface area contributed by atoms with Crippen molar-refractivity contribution < 1.29 is 9.59 Å². The Morgan fingerprint density at radius 3 is 1.39 bits per heavy atom. The molecule has 0 aliphatic heterocycles. The molecule has 0 spiro atoms. The molecule has 0 heterocycles. The molecule has 1 rings (SSSR count). The van der Waals surface area contributed by atoms with Crippen molar-refractivity contribution in [1.82, 2.24) is 0 Å². The molecule has 0 unspecified atom stereocenters. The average Bonchev–Trinajstić information content (AvgIpc) is 2.68. The second-order valence-electron chi connectivity index (χ2n) is 7.71. The van der Waals surface area contributed by atoms with Gasteiger partial charge in [-0.25, -0.2) is 0 Å². The van der Waals surface area contributed by atoms with Crippen molar-refractivity contribution in [2.75, 3.05) is 10.6 Å². The van der Waals surface area contributed by atoms with E-state index in [4.69, 9.17) is 0 Å². The van der Waals surface area contributed by atoms with E-state index in [1.54, 1.807) is 0 Å². The summed E-state index contributed by atoms with van der Waals surface area (Å²) >= 11 is 0. The number of nitrogens with one attached hydrogen (secondary N) is 2. The standard InChI is InChI=1S/C24H40N2O2/c1-3-5-6-7-8-9-10-11-12-13-14-16-24(28)26-22-19-17-21(18-20-22)25-23(27)15-4-2/h17-20H,3-16H2,1-2H3,(H,25,27)(H,26,28). The molecule has 0 aliphatic rings. The third-order valence-electron chi connectivity index (χ3n) is 4.94. The summed E-state index contributed by atoms with van der Waals surface area (Å²) < 4.78 is 0. The Morgan fingerprint density at radius 1 is 0.571 bits per heavy atom. The second-order valence-corrected chi connectivity index (χ2v) is 7.71. The fourth-order valence-electron chi connectivity index (χ4n) is 3.26. The molecule has 4 nitrogen and oxygen atoms in total. The number of carbonyl (C=O) groups excluding carboxylic acids is 2. The van der Waals surface area contributed by atoms with Gasteiger partial charge >= 0.3 is 0 Å². The van der Waals surface area contributed by atoms with E-state index >= 15 is 0 Å². The van der Waals surface area contributed by atoms with E-state index < -0.39 is 0 Å². The van der Waals surface area contributed by atoms with Crippen molar-refractivity contribution in [3.8, 4) is 0 Å². The number of amides is 2. The molecular formula is C24H40N2O2. The summed E-state index contributed by atoms with van der Waals surface area (Å²) in [7, 11) is 0. The predicted molar refractivity (Wildman–Crippen MR) is 120 cm³/mol. The average molecular weight is 389 g/mol. The Hall–Kier alpha value is -1.84. The van der Waals surface area contributed by atoms with Gasteiger partial charge in [0.2, 0.25) is 11.8 Å². The number of hydrogen-bond donors (Lipinski definition) is 2. The molecule has 4 heteroatoms. The minimum Gasteiger partial charge on any atom is -0.326 e. The number of carbonyl (C=O) groups is 2. The third kappa shape index (κ3) is 12.5. The van der Waals surface area contributed by atoms with Crippen LogP contribution in [0.15, 0.2) is 24.3 Å². The first-order valence-electron chi connectivity index (χ1n) is 11.4. The zero-order valence-corrected chi connectivity index (χ0v) is 18.0. The summed E-state index contributed by atoms with van der Waals surface area (Å²) in [6.45, 7) is 4.24. The lowest BCUT2D eigenvalue weighted by atomic mass is 10.1. The minimum atomic E-state index is 0.0239. The highest BCUT2D eigenvalue weighted by atomic mass is 16.2. The molecule has 0 radical (unpaired) electrons. The molecule has 0 bridgehead atoms. The third-order valence-corrected chi connectivity index (χ3v) is 4.94. The number of anilines is 2. The molecular weight excluding hydrogens is 348 g/mol. The van der Waals surface area contributed by atoms with Crippen LogP contribution < -0.4 is 10.6 Å². The van der Waals surface area contributed by atoms with E-state index in [0.717, 1.165) is 30.6 Å². The van der Waals surface area contributed by atoms with Crippen LogP contribution >= 0.6 is 0 Å². The van der Waals surface area contributed by atoms with E-state index in [2.05, 4.69) is 17.6 Å². The van der Waals surface area contributed by atoms with Gasteiger partial charge in [-0.2, -0.15) is 0 Å². The van der Waals surface area contributed by atoms with Crippen LogP contribution in [0.3, 0.4) is 0 Å². The van der Waals surface area contributed by atoms with E-state index in [1.807, 2.05) is 31.2 Å². The summed E-state index contributed by atoms with van der Waals surface area (Å²) in [5.41, 5.74) is 1.54. The van der Waals surface area contributed by atoms with Crippen molar-refractivity contribution >= 4 is 23.2 Å². The zero-order chi connectivity index (χ0) is 20.5. The van der Waals surface area contributed by atoms with Crippen LogP contribution in [0.25, 0.3) is 0 Å². The Bertz CT molecular complexity index is 540. The van der Waals surface area contributed by atoms with Gasteiger partial charge in [-0.1, -0.05) is 78.1 Å². The topological polar surface area (TPSA) is 58.2 Å². The molecule has 0 fully saturated rings. The van der Waals surface area contributed by atoms with Gasteiger partial charge in [0, 0.05) is 24.2 Å². The smallest absolute Gasteiger partial charge is 0.224 e. The largest absolute Gasteiger partial charge is 0.326 e. The molecule has 1 aromatic carbocycles. The molecule has 158 valence electrons. The van der Waals surface area contributed by atoms with Gasteiger partial charge in [-0.3, -0.25) is 9.59 Å². The highest BCUT2D eigenvalue weighted by Crippen LogP contribution is 2.15. The van der Waals surface area contributed by atoms with E-state index in [-0.39, 0.29) is 11.8 Å². The molecule has 2 amide bonds. The minimum absolute atomic E-state index is 0.0239. The maximum absolute atomic E-state index is 12.0. The summed E-state index contributed by atoms with van der Waals surface area (Å²) in [5.74, 6) is 0.0921.